The van der Waals surface area contributed by atoms with Crippen molar-refractivity contribution in [2.45, 2.75) is 6.92 Å². The van der Waals surface area contributed by atoms with Crippen LogP contribution in [0.4, 0.5) is 5.69 Å². The number of nitrogens with one attached hydrogen (secondary N) is 1. The zero-order valence-electron chi connectivity index (χ0n) is 18.6. The molecule has 0 radical (unpaired) electrons. The maximum Gasteiger partial charge on any atom is 0.273 e. The Morgan fingerprint density at radius 2 is 1.71 bits per heavy atom. The number of thiazole rings is 1. The molecule has 1 aromatic heterocycles. The van der Waals surface area contributed by atoms with Crippen LogP contribution in [-0.4, -0.2) is 17.6 Å². The maximum absolute atomic E-state index is 13.4. The van der Waals surface area contributed by atoms with Crippen LogP contribution in [0.5, 0.6) is 5.75 Å². The Kier molecular flexibility index (Phi) is 6.72. The smallest absolute Gasteiger partial charge is 0.273 e. The molecule has 0 atom stereocenters. The van der Waals surface area contributed by atoms with Gasteiger partial charge in [0.2, 0.25) is 0 Å². The summed E-state index contributed by atoms with van der Waals surface area (Å²) >= 11 is 1.11. The SMILES string of the molecule is COc1ccc(NC(=O)/C(C#N)=c2\s/c(=C/c3ccc(C)cc3)c(=O)n2-c2ccccc2)cc1. The molecular formula is C27H21N3O3S. The van der Waals surface area contributed by atoms with Crippen LogP contribution >= 0.6 is 11.3 Å². The Morgan fingerprint density at radius 1 is 1.03 bits per heavy atom. The van der Waals surface area contributed by atoms with Crippen LogP contribution < -0.4 is 24.8 Å². The second-order valence-electron chi connectivity index (χ2n) is 7.47. The molecule has 4 aromatic rings. The molecule has 6 nitrogen and oxygen atoms in total. The minimum absolute atomic E-state index is 0.148. The van der Waals surface area contributed by atoms with Gasteiger partial charge in [0.15, 0.2) is 5.57 Å². The summed E-state index contributed by atoms with van der Waals surface area (Å²) in [6.07, 6.45) is 1.77. The van der Waals surface area contributed by atoms with Gasteiger partial charge in [-0.05, 0) is 55.0 Å². The third-order valence-electron chi connectivity index (χ3n) is 5.11. The highest BCUT2D eigenvalue weighted by Gasteiger charge is 2.17. The van der Waals surface area contributed by atoms with Gasteiger partial charge in [0.05, 0.1) is 17.3 Å². The molecule has 1 amide bonds. The number of carbonyl (C=O) groups excluding carboxylic acids is 1. The lowest BCUT2D eigenvalue weighted by Crippen LogP contribution is -2.32. The van der Waals surface area contributed by atoms with Gasteiger partial charge in [-0.3, -0.25) is 14.2 Å². The Hall–Kier alpha value is -4.41. The number of methoxy groups -OCH3 is 1. The lowest BCUT2D eigenvalue weighted by Gasteiger charge is -2.06. The van der Waals surface area contributed by atoms with E-state index < -0.39 is 5.91 Å². The minimum Gasteiger partial charge on any atom is -0.497 e. The molecule has 3 aromatic carbocycles. The Morgan fingerprint density at radius 3 is 2.32 bits per heavy atom. The molecule has 1 N–H and O–H groups in total. The summed E-state index contributed by atoms with van der Waals surface area (Å²) in [6.45, 7) is 1.99. The van der Waals surface area contributed by atoms with Crippen LogP contribution in [0.15, 0.2) is 83.7 Å². The van der Waals surface area contributed by atoms with E-state index in [1.54, 1.807) is 61.7 Å². The van der Waals surface area contributed by atoms with Crippen molar-refractivity contribution in [3.05, 3.63) is 110 Å². The molecule has 0 bridgehead atoms. The summed E-state index contributed by atoms with van der Waals surface area (Å²) in [7, 11) is 1.56. The van der Waals surface area contributed by atoms with Crippen LogP contribution in [0.2, 0.25) is 0 Å². The fourth-order valence-electron chi connectivity index (χ4n) is 3.34. The van der Waals surface area contributed by atoms with E-state index in [-0.39, 0.29) is 15.8 Å². The number of amides is 1. The Labute approximate surface area is 200 Å². The van der Waals surface area contributed by atoms with Crippen molar-refractivity contribution in [3.63, 3.8) is 0 Å². The molecular weight excluding hydrogens is 446 g/mol. The molecule has 0 fully saturated rings. The molecule has 0 aliphatic rings. The number of anilines is 1. The van der Waals surface area contributed by atoms with E-state index >= 15 is 0 Å². The molecule has 168 valence electrons. The molecule has 0 aliphatic carbocycles. The van der Waals surface area contributed by atoms with Gasteiger partial charge in [0.25, 0.3) is 11.5 Å². The van der Waals surface area contributed by atoms with Crippen LogP contribution in [0.1, 0.15) is 11.1 Å². The zero-order chi connectivity index (χ0) is 24.1. The van der Waals surface area contributed by atoms with Gasteiger partial charge >= 0.3 is 0 Å². The highest BCUT2D eigenvalue weighted by molar-refractivity contribution is 7.07. The molecule has 1 heterocycles. The number of rotatable bonds is 5. The summed E-state index contributed by atoms with van der Waals surface area (Å²) in [5.41, 5.74) is 2.61. The van der Waals surface area contributed by atoms with E-state index in [0.29, 0.717) is 21.7 Å². The van der Waals surface area contributed by atoms with Gasteiger partial charge in [-0.1, -0.05) is 48.0 Å². The topological polar surface area (TPSA) is 84.1 Å². The summed E-state index contributed by atoms with van der Waals surface area (Å²) < 4.78 is 7.24. The number of benzene rings is 3. The van der Waals surface area contributed by atoms with Crippen molar-refractivity contribution in [1.82, 2.24) is 4.57 Å². The number of aryl methyl sites for hydroxylation is 1. The average molecular weight is 468 g/mol. The van der Waals surface area contributed by atoms with Crippen molar-refractivity contribution in [3.8, 4) is 17.5 Å². The van der Waals surface area contributed by atoms with E-state index in [1.165, 1.54) is 4.57 Å². The predicted molar refractivity (Wildman–Crippen MR) is 135 cm³/mol. The number of aromatic nitrogens is 1. The Bertz CT molecular complexity index is 1540. The van der Waals surface area contributed by atoms with E-state index in [0.717, 1.165) is 22.5 Å². The third kappa shape index (κ3) is 4.82. The highest BCUT2D eigenvalue weighted by Crippen LogP contribution is 2.16. The van der Waals surface area contributed by atoms with E-state index in [2.05, 4.69) is 5.32 Å². The van der Waals surface area contributed by atoms with Crippen molar-refractivity contribution in [2.75, 3.05) is 12.4 Å². The second kappa shape index (κ2) is 10.0. The highest BCUT2D eigenvalue weighted by atomic mass is 32.1. The van der Waals surface area contributed by atoms with Crippen molar-refractivity contribution in [2.24, 2.45) is 0 Å². The third-order valence-corrected chi connectivity index (χ3v) is 6.21. The number of ether oxygens (including phenoxy) is 1. The van der Waals surface area contributed by atoms with Crippen molar-refractivity contribution < 1.29 is 9.53 Å². The lowest BCUT2D eigenvalue weighted by atomic mass is 10.1. The van der Waals surface area contributed by atoms with Crippen LogP contribution in [0.3, 0.4) is 0 Å². The fourth-order valence-corrected chi connectivity index (χ4v) is 4.44. The number of nitrogens with zero attached hydrogens (tertiary/aromatic N) is 2. The first-order valence-corrected chi connectivity index (χ1v) is 11.3. The van der Waals surface area contributed by atoms with Crippen LogP contribution in [0.25, 0.3) is 17.3 Å². The number of carbonyl (C=O) groups is 1. The van der Waals surface area contributed by atoms with Gasteiger partial charge in [-0.25, -0.2) is 0 Å². The molecule has 0 aliphatic heterocycles. The molecule has 34 heavy (non-hydrogen) atoms. The molecule has 0 spiro atoms. The van der Waals surface area contributed by atoms with Crippen molar-refractivity contribution in [1.29, 1.82) is 5.26 Å². The summed E-state index contributed by atoms with van der Waals surface area (Å²) in [4.78, 5) is 26.5. The van der Waals surface area contributed by atoms with Gasteiger partial charge in [0.1, 0.15) is 16.5 Å². The van der Waals surface area contributed by atoms with E-state index in [9.17, 15) is 14.9 Å². The summed E-state index contributed by atoms with van der Waals surface area (Å²) in [5, 5.41) is 12.6. The van der Waals surface area contributed by atoms with Crippen molar-refractivity contribution >= 4 is 34.6 Å². The summed E-state index contributed by atoms with van der Waals surface area (Å²) in [5.74, 6) is 0.0513. The largest absolute Gasteiger partial charge is 0.497 e. The standard InChI is InChI=1S/C27H21N3O3S/c1-18-8-10-19(11-9-18)16-24-26(32)30(21-6-4-3-5-7-21)27(34-24)23(17-28)25(31)29-20-12-14-22(33-2)15-13-20/h3-16H,1-2H3,(H,29,31)/b24-16+,27-23-. The monoisotopic (exact) mass is 467 g/mol. The summed E-state index contributed by atoms with van der Waals surface area (Å²) in [6, 6.07) is 25.5. The number of hydrogen-bond donors (Lipinski definition) is 1. The maximum atomic E-state index is 13.4. The number of hydrogen-bond acceptors (Lipinski definition) is 5. The molecule has 7 heteroatoms. The van der Waals surface area contributed by atoms with E-state index in [4.69, 9.17) is 4.74 Å². The normalized spacial score (nSPS) is 12.1. The van der Waals surface area contributed by atoms with Crippen LogP contribution in [0, 0.1) is 18.3 Å². The second-order valence-corrected chi connectivity index (χ2v) is 8.50. The molecule has 0 saturated carbocycles. The van der Waals surface area contributed by atoms with E-state index in [1.807, 2.05) is 43.3 Å². The predicted octanol–water partition coefficient (Wildman–Crippen LogP) is 3.36. The first-order chi connectivity index (χ1) is 16.5. The minimum atomic E-state index is -0.597. The Balaban J connectivity index is 1.90. The van der Waals surface area contributed by atoms with Gasteiger partial charge < -0.3 is 10.1 Å². The quantitative estimate of drug-likeness (QED) is 0.488. The molecule has 0 unspecified atom stereocenters. The first-order valence-electron chi connectivity index (χ1n) is 10.5. The van der Waals surface area contributed by atoms with Gasteiger partial charge in [-0.15, -0.1) is 11.3 Å². The molecule has 0 saturated heterocycles. The van der Waals surface area contributed by atoms with Gasteiger partial charge in [0, 0.05) is 5.69 Å². The fraction of sp³-hybridized carbons (Fsp3) is 0.0741. The molecule has 4 rings (SSSR count). The number of nitriles is 1. The van der Waals surface area contributed by atoms with Gasteiger partial charge in [-0.2, -0.15) is 5.26 Å². The lowest BCUT2D eigenvalue weighted by molar-refractivity contribution is -0.111. The zero-order valence-corrected chi connectivity index (χ0v) is 19.4. The number of para-hydroxylation sites is 1. The average Bonchev–Trinajstić information content (AvgIpc) is 3.17. The van der Waals surface area contributed by atoms with Crippen LogP contribution in [-0.2, 0) is 4.79 Å². The first kappa shape index (κ1) is 22.8.